The Morgan fingerprint density at radius 1 is 1.35 bits per heavy atom. The summed E-state index contributed by atoms with van der Waals surface area (Å²) < 4.78 is 1.83. The molecule has 1 amide bonds. The van der Waals surface area contributed by atoms with E-state index in [1.54, 1.807) is 18.1 Å². The molecule has 0 fully saturated rings. The van der Waals surface area contributed by atoms with E-state index in [1.165, 1.54) is 11.1 Å². The molecule has 0 aliphatic rings. The van der Waals surface area contributed by atoms with Gasteiger partial charge in [0.15, 0.2) is 0 Å². The predicted molar refractivity (Wildman–Crippen MR) is 94.2 cm³/mol. The number of thioether (sulfide) groups is 1. The van der Waals surface area contributed by atoms with E-state index in [2.05, 4.69) is 34.5 Å². The fourth-order valence-electron chi connectivity index (χ4n) is 2.40. The van der Waals surface area contributed by atoms with Crippen LogP contribution < -0.4 is 5.32 Å². The Balaban J connectivity index is 1.85. The third-order valence-corrected chi connectivity index (χ3v) is 4.73. The Bertz CT molecular complexity index is 641. The van der Waals surface area contributed by atoms with Crippen LogP contribution in [0.15, 0.2) is 30.6 Å². The van der Waals surface area contributed by atoms with Crippen molar-refractivity contribution in [3.05, 3.63) is 47.5 Å². The molecule has 1 heterocycles. The lowest BCUT2D eigenvalue weighted by Crippen LogP contribution is -2.31. The molecule has 2 rings (SSSR count). The number of hydrogen-bond acceptors (Lipinski definition) is 4. The van der Waals surface area contributed by atoms with Gasteiger partial charge in [0, 0.05) is 12.3 Å². The van der Waals surface area contributed by atoms with Crippen LogP contribution in [0.5, 0.6) is 0 Å². The fourth-order valence-corrected chi connectivity index (χ4v) is 3.31. The highest BCUT2D eigenvalue weighted by molar-refractivity contribution is 7.99. The van der Waals surface area contributed by atoms with Crippen molar-refractivity contribution in [1.82, 2.24) is 20.1 Å². The molecule has 1 aromatic heterocycles. The number of hydrogen-bond donors (Lipinski definition) is 1. The van der Waals surface area contributed by atoms with Crippen LogP contribution >= 0.6 is 11.8 Å². The molecule has 1 atom stereocenters. The lowest BCUT2D eigenvalue weighted by atomic mass is 10.1. The Hall–Kier alpha value is -1.82. The number of nitrogens with zero attached hydrogens (tertiary/aromatic N) is 3. The molecule has 0 aliphatic heterocycles. The Morgan fingerprint density at radius 3 is 2.83 bits per heavy atom. The van der Waals surface area contributed by atoms with Crippen molar-refractivity contribution in [1.29, 1.82) is 0 Å². The average molecular weight is 332 g/mol. The van der Waals surface area contributed by atoms with Crippen LogP contribution in [0.25, 0.3) is 0 Å². The first-order valence-electron chi connectivity index (χ1n) is 7.95. The van der Waals surface area contributed by atoms with Gasteiger partial charge in [0.1, 0.15) is 12.2 Å². The van der Waals surface area contributed by atoms with E-state index >= 15 is 0 Å². The summed E-state index contributed by atoms with van der Waals surface area (Å²) in [5.41, 5.74) is 2.55. The SMILES string of the molecule is CC[C@@H](NC(=O)CSCc1ccccc1C)c1ncnn1CC. The molecule has 0 saturated heterocycles. The normalized spacial score (nSPS) is 12.1. The predicted octanol–water partition coefficient (Wildman–Crippen LogP) is 3.11. The summed E-state index contributed by atoms with van der Waals surface area (Å²) in [6.07, 6.45) is 2.34. The minimum Gasteiger partial charge on any atom is -0.345 e. The van der Waals surface area contributed by atoms with Gasteiger partial charge in [-0.15, -0.1) is 11.8 Å². The van der Waals surface area contributed by atoms with Crippen molar-refractivity contribution in [2.45, 2.75) is 45.5 Å². The van der Waals surface area contributed by atoms with Crippen molar-refractivity contribution in [2.75, 3.05) is 5.75 Å². The lowest BCUT2D eigenvalue weighted by molar-refractivity contribution is -0.119. The number of amides is 1. The molecule has 1 aromatic carbocycles. The second-order valence-electron chi connectivity index (χ2n) is 5.38. The van der Waals surface area contributed by atoms with Gasteiger partial charge in [0.05, 0.1) is 11.8 Å². The molecule has 0 saturated carbocycles. The largest absolute Gasteiger partial charge is 0.345 e. The summed E-state index contributed by atoms with van der Waals surface area (Å²) in [7, 11) is 0. The maximum Gasteiger partial charge on any atom is 0.230 e. The van der Waals surface area contributed by atoms with E-state index < -0.39 is 0 Å². The monoisotopic (exact) mass is 332 g/mol. The minimum atomic E-state index is -0.0796. The number of rotatable bonds is 8. The highest BCUT2D eigenvalue weighted by Gasteiger charge is 2.17. The smallest absolute Gasteiger partial charge is 0.230 e. The fraction of sp³-hybridized carbons (Fsp3) is 0.471. The summed E-state index contributed by atoms with van der Waals surface area (Å²) in [5.74, 6) is 2.17. The molecule has 0 radical (unpaired) electrons. The van der Waals surface area contributed by atoms with E-state index in [9.17, 15) is 4.79 Å². The van der Waals surface area contributed by atoms with E-state index in [0.29, 0.717) is 5.75 Å². The summed E-state index contributed by atoms with van der Waals surface area (Å²) >= 11 is 1.63. The van der Waals surface area contributed by atoms with E-state index in [1.807, 2.05) is 30.7 Å². The van der Waals surface area contributed by atoms with Crippen molar-refractivity contribution < 1.29 is 4.79 Å². The van der Waals surface area contributed by atoms with Crippen LogP contribution in [0.4, 0.5) is 0 Å². The summed E-state index contributed by atoms with van der Waals surface area (Å²) in [6, 6.07) is 8.20. The first-order valence-corrected chi connectivity index (χ1v) is 9.10. The van der Waals surface area contributed by atoms with Gasteiger partial charge in [-0.2, -0.15) is 5.10 Å². The topological polar surface area (TPSA) is 59.8 Å². The van der Waals surface area contributed by atoms with Crippen LogP contribution in [0, 0.1) is 6.92 Å². The minimum absolute atomic E-state index is 0.0427. The molecule has 2 aromatic rings. The second kappa shape index (κ2) is 8.72. The number of carbonyl (C=O) groups excluding carboxylic acids is 1. The van der Waals surface area contributed by atoms with Gasteiger partial charge in [0.25, 0.3) is 0 Å². The van der Waals surface area contributed by atoms with Crippen LogP contribution in [-0.4, -0.2) is 26.4 Å². The molecule has 1 N–H and O–H groups in total. The van der Waals surface area contributed by atoms with Gasteiger partial charge in [-0.3, -0.25) is 4.79 Å². The molecular weight excluding hydrogens is 308 g/mol. The zero-order valence-corrected chi connectivity index (χ0v) is 14.8. The number of aryl methyl sites for hydroxylation is 2. The zero-order chi connectivity index (χ0) is 16.7. The van der Waals surface area contributed by atoms with E-state index in [4.69, 9.17) is 0 Å². The third-order valence-electron chi connectivity index (χ3n) is 3.75. The third kappa shape index (κ3) is 4.82. The summed E-state index contributed by atoms with van der Waals surface area (Å²) in [5, 5.41) is 7.23. The van der Waals surface area contributed by atoms with Crippen molar-refractivity contribution in [2.24, 2.45) is 0 Å². The van der Waals surface area contributed by atoms with Crippen molar-refractivity contribution in [3.8, 4) is 0 Å². The molecular formula is C17H24N4OS. The molecule has 0 unspecified atom stereocenters. The zero-order valence-electron chi connectivity index (χ0n) is 14.0. The molecule has 0 aliphatic carbocycles. The van der Waals surface area contributed by atoms with Gasteiger partial charge in [-0.25, -0.2) is 9.67 Å². The van der Waals surface area contributed by atoms with Crippen LogP contribution in [0.1, 0.15) is 43.3 Å². The van der Waals surface area contributed by atoms with Crippen LogP contribution in [-0.2, 0) is 17.1 Å². The lowest BCUT2D eigenvalue weighted by Gasteiger charge is -2.16. The first kappa shape index (κ1) is 17.5. The number of carbonyl (C=O) groups is 1. The highest BCUT2D eigenvalue weighted by atomic mass is 32.2. The van der Waals surface area contributed by atoms with Gasteiger partial charge in [-0.05, 0) is 31.4 Å². The molecule has 5 nitrogen and oxygen atoms in total. The Labute approximate surface area is 141 Å². The first-order chi connectivity index (χ1) is 11.2. The second-order valence-corrected chi connectivity index (χ2v) is 6.37. The van der Waals surface area contributed by atoms with Crippen molar-refractivity contribution >= 4 is 17.7 Å². The highest BCUT2D eigenvalue weighted by Crippen LogP contribution is 2.17. The molecule has 124 valence electrons. The molecule has 6 heteroatoms. The number of nitrogens with one attached hydrogen (secondary N) is 1. The molecule has 0 bridgehead atoms. The Kier molecular flexibility index (Phi) is 6.65. The Morgan fingerprint density at radius 2 is 2.13 bits per heavy atom. The molecule has 23 heavy (non-hydrogen) atoms. The van der Waals surface area contributed by atoms with Gasteiger partial charge in [0.2, 0.25) is 5.91 Å². The van der Waals surface area contributed by atoms with Crippen LogP contribution in [0.3, 0.4) is 0 Å². The van der Waals surface area contributed by atoms with Gasteiger partial charge >= 0.3 is 0 Å². The van der Waals surface area contributed by atoms with E-state index in [0.717, 1.165) is 24.5 Å². The summed E-state index contributed by atoms with van der Waals surface area (Å²) in [4.78, 5) is 16.5. The maximum atomic E-state index is 12.2. The van der Waals surface area contributed by atoms with Gasteiger partial charge < -0.3 is 5.32 Å². The standard InChI is InChI=1S/C17H24N4OS/c1-4-15(17-18-12-19-21(17)5-2)20-16(22)11-23-10-14-9-7-6-8-13(14)3/h6-9,12,15H,4-5,10-11H2,1-3H3,(H,20,22)/t15-/m1/s1. The van der Waals surface area contributed by atoms with Crippen LogP contribution in [0.2, 0.25) is 0 Å². The quantitative estimate of drug-likeness (QED) is 0.807. The van der Waals surface area contributed by atoms with Gasteiger partial charge in [-0.1, -0.05) is 31.2 Å². The maximum absolute atomic E-state index is 12.2. The number of aromatic nitrogens is 3. The average Bonchev–Trinajstić information content (AvgIpc) is 3.03. The van der Waals surface area contributed by atoms with E-state index in [-0.39, 0.29) is 11.9 Å². The number of benzene rings is 1. The molecule has 0 spiro atoms. The summed E-state index contributed by atoms with van der Waals surface area (Å²) in [6.45, 7) is 6.91. The van der Waals surface area contributed by atoms with Crippen molar-refractivity contribution in [3.63, 3.8) is 0 Å².